The van der Waals surface area contributed by atoms with Crippen LogP contribution in [0.5, 0.6) is 0 Å². The third-order valence-electron chi connectivity index (χ3n) is 2.58. The molecule has 2 heterocycles. The normalized spacial score (nSPS) is 10.7. The third kappa shape index (κ3) is 3.35. The van der Waals surface area contributed by atoms with Gasteiger partial charge in [0.25, 0.3) is 0 Å². The van der Waals surface area contributed by atoms with Crippen molar-refractivity contribution < 1.29 is 0 Å². The molecule has 0 bridgehead atoms. The third-order valence-corrected chi connectivity index (χ3v) is 3.46. The van der Waals surface area contributed by atoms with Crippen molar-refractivity contribution in [3.05, 3.63) is 45.7 Å². The van der Waals surface area contributed by atoms with E-state index in [9.17, 15) is 0 Å². The Morgan fingerprint density at radius 3 is 3.00 bits per heavy atom. The summed E-state index contributed by atoms with van der Waals surface area (Å²) in [6, 6.07) is 4.19. The molecule has 0 saturated carbocycles. The zero-order chi connectivity index (χ0) is 12.1. The molecule has 0 amide bonds. The summed E-state index contributed by atoms with van der Waals surface area (Å²) in [6.07, 6.45) is 2.75. The van der Waals surface area contributed by atoms with E-state index in [1.165, 1.54) is 4.88 Å². The molecule has 2 rings (SSSR count). The Kier molecular flexibility index (Phi) is 4.23. The molecule has 90 valence electrons. The summed E-state index contributed by atoms with van der Waals surface area (Å²) in [7, 11) is 0. The van der Waals surface area contributed by atoms with E-state index in [2.05, 4.69) is 46.6 Å². The van der Waals surface area contributed by atoms with Crippen LogP contribution < -0.4 is 5.32 Å². The lowest BCUT2D eigenvalue weighted by molar-refractivity contribution is 0.697. The van der Waals surface area contributed by atoms with Gasteiger partial charge in [0, 0.05) is 24.0 Å². The summed E-state index contributed by atoms with van der Waals surface area (Å²) in [5.41, 5.74) is 2.26. The Morgan fingerprint density at radius 1 is 1.41 bits per heavy atom. The first-order valence-electron chi connectivity index (χ1n) is 5.84. The van der Waals surface area contributed by atoms with E-state index in [-0.39, 0.29) is 0 Å². The predicted molar refractivity (Wildman–Crippen MR) is 71.3 cm³/mol. The Bertz CT molecular complexity index is 466. The van der Waals surface area contributed by atoms with Gasteiger partial charge in [-0.2, -0.15) is 0 Å². The summed E-state index contributed by atoms with van der Waals surface area (Å²) in [6.45, 7) is 5.94. The number of hydrogen-bond acceptors (Lipinski definition) is 4. The van der Waals surface area contributed by atoms with E-state index in [4.69, 9.17) is 0 Å². The van der Waals surface area contributed by atoms with Crippen LogP contribution in [0.3, 0.4) is 0 Å². The zero-order valence-electron chi connectivity index (χ0n) is 10.2. The van der Waals surface area contributed by atoms with E-state index in [1.54, 1.807) is 11.3 Å². The molecule has 0 atom stereocenters. The summed E-state index contributed by atoms with van der Waals surface area (Å²) in [5, 5.41) is 5.39. The topological polar surface area (TPSA) is 37.8 Å². The summed E-state index contributed by atoms with van der Waals surface area (Å²) in [4.78, 5) is 10.3. The maximum Gasteiger partial charge on any atom is 0.133 e. The molecule has 17 heavy (non-hydrogen) atoms. The van der Waals surface area contributed by atoms with Crippen molar-refractivity contribution in [2.45, 2.75) is 26.8 Å². The average Bonchev–Trinajstić information content (AvgIpc) is 2.82. The Morgan fingerprint density at radius 2 is 2.29 bits per heavy atom. The summed E-state index contributed by atoms with van der Waals surface area (Å²) < 4.78 is 0. The Hall–Kier alpha value is -1.26. The molecule has 0 saturated heterocycles. The molecule has 1 N–H and O–H groups in total. The minimum absolute atomic E-state index is 0.822. The van der Waals surface area contributed by atoms with E-state index in [0.29, 0.717) is 0 Å². The first-order valence-corrected chi connectivity index (χ1v) is 6.72. The van der Waals surface area contributed by atoms with Gasteiger partial charge in [0.15, 0.2) is 0 Å². The number of aryl methyl sites for hydroxylation is 1. The van der Waals surface area contributed by atoms with Gasteiger partial charge in [0.05, 0.1) is 5.69 Å². The van der Waals surface area contributed by atoms with Gasteiger partial charge >= 0.3 is 0 Å². The minimum atomic E-state index is 0.822. The summed E-state index contributed by atoms with van der Waals surface area (Å²) in [5.74, 6) is 0.908. The number of nitrogens with zero attached hydrogens (tertiary/aromatic N) is 2. The number of thiophene rings is 1. The van der Waals surface area contributed by atoms with Crippen molar-refractivity contribution in [3.8, 4) is 0 Å². The highest BCUT2D eigenvalue weighted by atomic mass is 32.1. The van der Waals surface area contributed by atoms with Gasteiger partial charge in [0.2, 0.25) is 0 Å². The molecule has 0 unspecified atom stereocenters. The number of nitrogens with one attached hydrogen (secondary N) is 1. The quantitative estimate of drug-likeness (QED) is 0.882. The molecule has 3 nitrogen and oxygen atoms in total. The van der Waals surface area contributed by atoms with Gasteiger partial charge in [-0.1, -0.05) is 13.0 Å². The van der Waals surface area contributed by atoms with Crippen molar-refractivity contribution in [2.24, 2.45) is 0 Å². The van der Waals surface area contributed by atoms with Crippen LogP contribution in [0.2, 0.25) is 0 Å². The fourth-order valence-electron chi connectivity index (χ4n) is 1.60. The van der Waals surface area contributed by atoms with Crippen LogP contribution in [0.4, 0.5) is 0 Å². The molecule has 2 aromatic heterocycles. The molecule has 0 aliphatic carbocycles. The molecule has 0 aliphatic heterocycles. The lowest BCUT2D eigenvalue weighted by atomic mass is 10.2. The number of hydrogen-bond donors (Lipinski definition) is 1. The molecule has 0 fully saturated rings. The Labute approximate surface area is 106 Å². The molecular formula is C13H17N3S. The van der Waals surface area contributed by atoms with Gasteiger partial charge in [-0.25, -0.2) is 9.97 Å². The lowest BCUT2D eigenvalue weighted by Crippen LogP contribution is -2.15. The van der Waals surface area contributed by atoms with Gasteiger partial charge in [-0.05, 0) is 30.5 Å². The lowest BCUT2D eigenvalue weighted by Gasteiger charge is -2.07. The van der Waals surface area contributed by atoms with Crippen LogP contribution >= 0.6 is 11.3 Å². The molecule has 0 spiro atoms. The molecular weight excluding hydrogens is 230 g/mol. The van der Waals surface area contributed by atoms with Crippen molar-refractivity contribution in [2.75, 3.05) is 6.54 Å². The van der Waals surface area contributed by atoms with E-state index < -0.39 is 0 Å². The SMILES string of the molecule is CCNCc1nc(Cc2cccs2)ncc1C. The van der Waals surface area contributed by atoms with Gasteiger partial charge in [-0.15, -0.1) is 11.3 Å². The standard InChI is InChI=1S/C13H17N3S/c1-3-14-9-12-10(2)8-15-13(16-12)7-11-5-4-6-17-11/h4-6,8,14H,3,7,9H2,1-2H3. The molecule has 4 heteroatoms. The van der Waals surface area contributed by atoms with Crippen LogP contribution in [0.15, 0.2) is 23.7 Å². The fourth-order valence-corrected chi connectivity index (χ4v) is 2.30. The Balaban J connectivity index is 2.13. The highest BCUT2D eigenvalue weighted by molar-refractivity contribution is 7.09. The zero-order valence-corrected chi connectivity index (χ0v) is 11.0. The van der Waals surface area contributed by atoms with E-state index >= 15 is 0 Å². The summed E-state index contributed by atoms with van der Waals surface area (Å²) >= 11 is 1.75. The van der Waals surface area contributed by atoms with Crippen molar-refractivity contribution in [1.82, 2.24) is 15.3 Å². The predicted octanol–water partition coefficient (Wildman–Crippen LogP) is 2.55. The van der Waals surface area contributed by atoms with E-state index in [1.807, 2.05) is 6.20 Å². The maximum absolute atomic E-state index is 4.62. The van der Waals surface area contributed by atoms with Crippen LogP contribution in [-0.2, 0) is 13.0 Å². The second-order valence-electron chi connectivity index (χ2n) is 3.95. The van der Waals surface area contributed by atoms with Gasteiger partial charge in [-0.3, -0.25) is 0 Å². The average molecular weight is 247 g/mol. The fraction of sp³-hybridized carbons (Fsp3) is 0.385. The van der Waals surface area contributed by atoms with Gasteiger partial charge in [0.1, 0.15) is 5.82 Å². The van der Waals surface area contributed by atoms with Crippen LogP contribution in [-0.4, -0.2) is 16.5 Å². The van der Waals surface area contributed by atoms with Gasteiger partial charge < -0.3 is 5.32 Å². The first kappa shape index (κ1) is 12.2. The van der Waals surface area contributed by atoms with Crippen LogP contribution in [0.1, 0.15) is 28.9 Å². The molecule has 0 radical (unpaired) electrons. The minimum Gasteiger partial charge on any atom is -0.311 e. The molecule has 2 aromatic rings. The monoisotopic (exact) mass is 247 g/mol. The second kappa shape index (κ2) is 5.89. The highest BCUT2D eigenvalue weighted by Crippen LogP contribution is 2.13. The van der Waals surface area contributed by atoms with Crippen LogP contribution in [0, 0.1) is 6.92 Å². The maximum atomic E-state index is 4.62. The van der Waals surface area contributed by atoms with Crippen molar-refractivity contribution >= 4 is 11.3 Å². The highest BCUT2D eigenvalue weighted by Gasteiger charge is 2.05. The van der Waals surface area contributed by atoms with Crippen LogP contribution in [0.25, 0.3) is 0 Å². The largest absolute Gasteiger partial charge is 0.311 e. The van der Waals surface area contributed by atoms with Crippen molar-refractivity contribution in [1.29, 1.82) is 0 Å². The molecule has 0 aromatic carbocycles. The first-order chi connectivity index (χ1) is 8.29. The molecule has 0 aliphatic rings. The van der Waals surface area contributed by atoms with Crippen molar-refractivity contribution in [3.63, 3.8) is 0 Å². The number of aromatic nitrogens is 2. The van der Waals surface area contributed by atoms with E-state index in [0.717, 1.165) is 36.6 Å². The number of rotatable bonds is 5. The second-order valence-corrected chi connectivity index (χ2v) is 4.98. The smallest absolute Gasteiger partial charge is 0.133 e.